The molecule has 3 atom stereocenters. The molecule has 0 rings (SSSR count). The minimum absolute atomic E-state index is 0. The number of hydrogen-bond acceptors (Lipinski definition) is 10. The van der Waals surface area contributed by atoms with E-state index < -0.39 is 26.2 Å². The summed E-state index contributed by atoms with van der Waals surface area (Å²) in [5.74, 6) is -0.812. The van der Waals surface area contributed by atoms with E-state index in [1.807, 2.05) is 27.2 Å². The zero-order valence-corrected chi connectivity index (χ0v) is 42.0. The normalized spacial score (nSPS) is 13.5. The van der Waals surface area contributed by atoms with Crippen molar-refractivity contribution >= 4 is 19.8 Å². The summed E-state index contributed by atoms with van der Waals surface area (Å²) >= 11 is 0. The number of nitrogens with zero attached hydrogens (tertiary/aromatic N) is 2. The quantitative estimate of drug-likeness (QED) is 0.0118. The summed E-state index contributed by atoms with van der Waals surface area (Å²) < 4.78 is 39.5. The first kappa shape index (κ1) is 62.8. The summed E-state index contributed by atoms with van der Waals surface area (Å²) in [6.07, 6.45) is 35.3. The van der Waals surface area contributed by atoms with Gasteiger partial charge in [0.1, 0.15) is 6.61 Å². The maximum Gasteiger partial charge on any atom is 0.499 e. The van der Waals surface area contributed by atoms with E-state index in [4.69, 9.17) is 23.6 Å². The first-order valence-electron chi connectivity index (χ1n) is 24.9. The van der Waals surface area contributed by atoms with Gasteiger partial charge in [0.25, 0.3) is 0 Å². The highest BCUT2D eigenvalue weighted by Crippen LogP contribution is 2.44. The highest BCUT2D eigenvalue weighted by Gasteiger charge is 2.27. The van der Waals surface area contributed by atoms with Gasteiger partial charge >= 0.3 is 19.8 Å². The summed E-state index contributed by atoms with van der Waals surface area (Å²) in [6.45, 7) is 4.68. The third-order valence-corrected chi connectivity index (χ3v) is 11.7. The van der Waals surface area contributed by atoms with Crippen LogP contribution in [0.15, 0.2) is 0 Å². The number of carbonyl (C=O) groups excluding carboxylic acids is 2. The fraction of sp³-hybridized carbons (Fsp3) is 0.938. The Morgan fingerprint density at radius 2 is 0.984 bits per heavy atom. The molecular formula is C48H94ClN2O10P. The van der Waals surface area contributed by atoms with Gasteiger partial charge in [-0.15, -0.1) is 4.67 Å². The third-order valence-electron chi connectivity index (χ3n) is 10.9. The molecule has 0 heterocycles. The lowest BCUT2D eigenvalue weighted by atomic mass is 10.0. The molecule has 0 radical (unpaired) electrons. The Balaban J connectivity index is 0. The van der Waals surface area contributed by atoms with Crippen LogP contribution in [-0.4, -0.2) is 81.2 Å². The maximum atomic E-state index is 12.9. The SMILES string of the molecule is CCCCCCCCCCCCCCCCCC(=O)OCC(COC(CC#N)OOP(=O)(O)OCCC[N+](C)(C)C)OC(=O)CCCCCCCCCCCCCCCCC.[Cl-]. The van der Waals surface area contributed by atoms with Crippen LogP contribution in [0.2, 0.25) is 0 Å². The Morgan fingerprint density at radius 3 is 1.37 bits per heavy atom. The van der Waals surface area contributed by atoms with Crippen molar-refractivity contribution in [2.75, 3.05) is 47.5 Å². The zero-order valence-electron chi connectivity index (χ0n) is 40.4. The lowest BCUT2D eigenvalue weighted by Gasteiger charge is -2.24. The number of esters is 2. The lowest BCUT2D eigenvalue weighted by Crippen LogP contribution is -3.00. The van der Waals surface area contributed by atoms with Crippen molar-refractivity contribution in [1.82, 2.24) is 0 Å². The second kappa shape index (κ2) is 44.9. The highest BCUT2D eigenvalue weighted by atomic mass is 35.5. The van der Waals surface area contributed by atoms with Crippen LogP contribution in [-0.2, 0) is 42.5 Å². The molecule has 0 fully saturated rings. The van der Waals surface area contributed by atoms with Crippen LogP contribution in [0.5, 0.6) is 0 Å². The van der Waals surface area contributed by atoms with Gasteiger partial charge in [-0.05, 0) is 12.8 Å². The van der Waals surface area contributed by atoms with Crippen molar-refractivity contribution in [2.45, 2.75) is 245 Å². The Labute approximate surface area is 386 Å². The molecule has 0 amide bonds. The van der Waals surface area contributed by atoms with Crippen molar-refractivity contribution in [3.05, 3.63) is 0 Å². The second-order valence-corrected chi connectivity index (χ2v) is 19.5. The smallest absolute Gasteiger partial charge is 0.499 e. The summed E-state index contributed by atoms with van der Waals surface area (Å²) in [5.41, 5.74) is 0. The molecule has 0 bridgehead atoms. The second-order valence-electron chi connectivity index (χ2n) is 18.2. The summed E-state index contributed by atoms with van der Waals surface area (Å²) in [5, 5.41) is 9.31. The lowest BCUT2D eigenvalue weighted by molar-refractivity contribution is -0.870. The first-order valence-corrected chi connectivity index (χ1v) is 26.4. The van der Waals surface area contributed by atoms with Crippen LogP contribution in [0, 0.1) is 11.3 Å². The van der Waals surface area contributed by atoms with Gasteiger partial charge in [-0.3, -0.25) is 14.1 Å². The van der Waals surface area contributed by atoms with E-state index >= 15 is 0 Å². The van der Waals surface area contributed by atoms with E-state index in [9.17, 15) is 24.3 Å². The van der Waals surface area contributed by atoms with Gasteiger partial charge < -0.3 is 36.0 Å². The molecule has 14 heteroatoms. The van der Waals surface area contributed by atoms with Gasteiger partial charge in [0.05, 0.1) is 53.4 Å². The standard InChI is InChI=1S/C48H93N2O10P.ClH/c1-6-8-10-12-14-16-18-20-22-24-26-28-30-32-34-37-46(51)55-43-45(44-56-48(39-40-49)59-60-61(53,54)57-42-36-41-50(3,4)5)58-47(52)38-35-33-31-29-27-25-23-21-19-17-15-13-11-9-7-2;/h45,48H,6-39,41-44H2,1-5H3;1H. The molecule has 0 spiro atoms. The largest absolute Gasteiger partial charge is 1.00 e. The molecule has 0 aliphatic rings. The van der Waals surface area contributed by atoms with Crippen LogP contribution in [0.3, 0.4) is 0 Å². The minimum atomic E-state index is -4.59. The Kier molecular flexibility index (Phi) is 45.5. The first-order chi connectivity index (χ1) is 29.4. The van der Waals surface area contributed by atoms with Gasteiger partial charge in [0, 0.05) is 19.3 Å². The number of phosphoric acid groups is 1. The van der Waals surface area contributed by atoms with Gasteiger partial charge in [-0.2, -0.15) is 10.1 Å². The molecule has 62 heavy (non-hydrogen) atoms. The van der Waals surface area contributed by atoms with Gasteiger partial charge in [0.2, 0.25) is 6.29 Å². The fourth-order valence-corrected chi connectivity index (χ4v) is 7.76. The number of rotatable bonds is 47. The molecule has 0 aliphatic carbocycles. The van der Waals surface area contributed by atoms with Crippen molar-refractivity contribution < 1.29 is 64.2 Å². The summed E-state index contributed by atoms with van der Waals surface area (Å²) in [4.78, 5) is 40.6. The highest BCUT2D eigenvalue weighted by molar-refractivity contribution is 7.47. The number of hydrogen-bond donors (Lipinski definition) is 1. The number of carbonyl (C=O) groups is 2. The van der Waals surface area contributed by atoms with Gasteiger partial charge in [0.15, 0.2) is 6.10 Å². The molecule has 12 nitrogen and oxygen atoms in total. The van der Waals surface area contributed by atoms with E-state index in [1.54, 1.807) is 0 Å². The number of unbranched alkanes of at least 4 members (excludes halogenated alkanes) is 28. The number of quaternary nitrogens is 1. The molecule has 0 aromatic heterocycles. The molecule has 0 aromatic carbocycles. The molecule has 0 saturated heterocycles. The maximum absolute atomic E-state index is 12.9. The average Bonchev–Trinajstić information content (AvgIpc) is 3.22. The van der Waals surface area contributed by atoms with Crippen LogP contribution >= 0.6 is 7.82 Å². The molecular weight excluding hydrogens is 831 g/mol. The topological polar surface area (TPSA) is 151 Å². The summed E-state index contributed by atoms with van der Waals surface area (Å²) in [6, 6.07) is 1.88. The molecule has 0 aliphatic heterocycles. The summed E-state index contributed by atoms with van der Waals surface area (Å²) in [7, 11) is 1.40. The van der Waals surface area contributed by atoms with E-state index in [0.717, 1.165) is 38.5 Å². The third kappa shape index (κ3) is 46.7. The van der Waals surface area contributed by atoms with Gasteiger partial charge in [-0.1, -0.05) is 194 Å². The predicted octanol–water partition coefficient (Wildman–Crippen LogP) is 10.4. The van der Waals surface area contributed by atoms with Gasteiger partial charge in [-0.25, -0.2) is 4.57 Å². The Bertz CT molecular complexity index is 1110. The number of ether oxygens (including phenoxy) is 3. The zero-order chi connectivity index (χ0) is 45.1. The Hall–Kier alpha value is -1.29. The van der Waals surface area contributed by atoms with Crippen LogP contribution in [0.4, 0.5) is 0 Å². The number of halogens is 1. The van der Waals surface area contributed by atoms with Crippen LogP contribution in [0.25, 0.3) is 0 Å². The van der Waals surface area contributed by atoms with E-state index in [1.165, 1.54) is 148 Å². The number of phosphoric ester groups is 1. The molecule has 0 aromatic rings. The number of nitriles is 1. The van der Waals surface area contributed by atoms with Crippen LogP contribution in [0.1, 0.15) is 232 Å². The minimum Gasteiger partial charge on any atom is -1.00 e. The predicted molar refractivity (Wildman–Crippen MR) is 245 cm³/mol. The molecule has 3 unspecified atom stereocenters. The molecule has 1 N–H and O–H groups in total. The van der Waals surface area contributed by atoms with Crippen LogP contribution < -0.4 is 12.4 Å². The average molecular weight is 926 g/mol. The Morgan fingerprint density at radius 1 is 0.597 bits per heavy atom. The van der Waals surface area contributed by atoms with Crippen molar-refractivity contribution in [3.63, 3.8) is 0 Å². The fourth-order valence-electron chi connectivity index (χ4n) is 7.15. The van der Waals surface area contributed by atoms with E-state index in [0.29, 0.717) is 23.9 Å². The van der Waals surface area contributed by atoms with Crippen molar-refractivity contribution in [2.24, 2.45) is 0 Å². The van der Waals surface area contributed by atoms with E-state index in [-0.39, 0.29) is 57.5 Å². The van der Waals surface area contributed by atoms with E-state index in [2.05, 4.69) is 18.5 Å². The molecule has 0 saturated carbocycles. The van der Waals surface area contributed by atoms with Crippen molar-refractivity contribution in [1.29, 1.82) is 5.26 Å². The van der Waals surface area contributed by atoms with Crippen molar-refractivity contribution in [3.8, 4) is 6.07 Å². The monoisotopic (exact) mass is 925 g/mol. The molecule has 368 valence electrons.